The summed E-state index contributed by atoms with van der Waals surface area (Å²) in [6.45, 7) is 12.1. The summed E-state index contributed by atoms with van der Waals surface area (Å²) in [6, 6.07) is 11.9. The van der Waals surface area contributed by atoms with Gasteiger partial charge in [-0.25, -0.2) is 0 Å². The van der Waals surface area contributed by atoms with Gasteiger partial charge in [0, 0.05) is 50.4 Å². The van der Waals surface area contributed by atoms with Crippen molar-refractivity contribution in [3.63, 3.8) is 0 Å². The predicted octanol–water partition coefficient (Wildman–Crippen LogP) is 3.71. The van der Waals surface area contributed by atoms with E-state index in [0.717, 1.165) is 99.1 Å². The van der Waals surface area contributed by atoms with Crippen LogP contribution in [-0.2, 0) is 22.6 Å². The van der Waals surface area contributed by atoms with E-state index in [1.54, 1.807) is 0 Å². The first-order chi connectivity index (χ1) is 15.5. The van der Waals surface area contributed by atoms with Crippen LogP contribution in [-0.4, -0.2) is 72.6 Å². The Bertz CT molecular complexity index is 883. The molecule has 0 aromatic heterocycles. The molecule has 0 atom stereocenters. The number of hydrogen-bond acceptors (Lipinski definition) is 6. The molecule has 32 heavy (non-hydrogen) atoms. The number of phenols is 2. The minimum atomic E-state index is 0.324. The molecule has 0 radical (unpaired) electrons. The van der Waals surface area contributed by atoms with Crippen molar-refractivity contribution in [2.75, 3.05) is 52.6 Å². The molecule has 2 aliphatic heterocycles. The van der Waals surface area contributed by atoms with E-state index in [1.165, 1.54) is 0 Å². The molecular formula is C26H34N2O4. The molecule has 2 N–H and O–H groups in total. The van der Waals surface area contributed by atoms with Gasteiger partial charge in [-0.1, -0.05) is 24.3 Å². The monoisotopic (exact) mass is 438 g/mol. The Kier molecular flexibility index (Phi) is 7.48. The lowest BCUT2D eigenvalue weighted by atomic mass is 9.95. The molecule has 0 unspecified atom stereocenters. The number of phenolic OH excluding ortho intramolecular Hbond substituents is 2. The highest BCUT2D eigenvalue weighted by Gasteiger charge is 2.15. The van der Waals surface area contributed by atoms with E-state index < -0.39 is 0 Å². The Morgan fingerprint density at radius 1 is 0.688 bits per heavy atom. The van der Waals surface area contributed by atoms with E-state index in [0.29, 0.717) is 11.5 Å². The first kappa shape index (κ1) is 22.8. The number of benzene rings is 2. The average molecular weight is 439 g/mol. The zero-order valence-electron chi connectivity index (χ0n) is 19.1. The van der Waals surface area contributed by atoms with Crippen LogP contribution >= 0.6 is 0 Å². The van der Waals surface area contributed by atoms with Crippen molar-refractivity contribution in [1.29, 1.82) is 0 Å². The van der Waals surface area contributed by atoms with Gasteiger partial charge >= 0.3 is 0 Å². The second-order valence-electron chi connectivity index (χ2n) is 8.71. The molecule has 2 aromatic carbocycles. The average Bonchev–Trinajstić information content (AvgIpc) is 2.82. The molecule has 2 saturated heterocycles. The van der Waals surface area contributed by atoms with Crippen LogP contribution in [0.25, 0.3) is 11.1 Å². The molecule has 0 spiro atoms. The van der Waals surface area contributed by atoms with Gasteiger partial charge in [0.25, 0.3) is 0 Å². The lowest BCUT2D eigenvalue weighted by Gasteiger charge is -2.27. The number of aromatic hydroxyl groups is 2. The van der Waals surface area contributed by atoms with E-state index in [-0.39, 0.29) is 0 Å². The van der Waals surface area contributed by atoms with Crippen molar-refractivity contribution in [3.05, 3.63) is 58.7 Å². The van der Waals surface area contributed by atoms with Crippen LogP contribution in [0.2, 0.25) is 0 Å². The first-order valence-corrected chi connectivity index (χ1v) is 11.4. The SMILES string of the molecule is CC(=C(C)c1ccc(CN2CCOCC2)c(O)c1)c1ccc(CN2CCOCC2)c(O)c1. The maximum absolute atomic E-state index is 10.6. The highest BCUT2D eigenvalue weighted by Crippen LogP contribution is 2.32. The van der Waals surface area contributed by atoms with Gasteiger partial charge in [0.2, 0.25) is 0 Å². The third kappa shape index (κ3) is 5.51. The molecule has 2 fully saturated rings. The largest absolute Gasteiger partial charge is 0.508 e. The predicted molar refractivity (Wildman–Crippen MR) is 127 cm³/mol. The number of allylic oxidation sites excluding steroid dienone is 2. The van der Waals surface area contributed by atoms with Crippen molar-refractivity contribution >= 4 is 11.1 Å². The molecule has 0 saturated carbocycles. The Balaban J connectivity index is 1.48. The van der Waals surface area contributed by atoms with Crippen LogP contribution in [0, 0.1) is 0 Å². The van der Waals surface area contributed by atoms with Crippen molar-refractivity contribution in [2.45, 2.75) is 26.9 Å². The van der Waals surface area contributed by atoms with Gasteiger partial charge in [0.1, 0.15) is 11.5 Å². The normalized spacial score (nSPS) is 19.1. The maximum atomic E-state index is 10.6. The quantitative estimate of drug-likeness (QED) is 0.671. The minimum absolute atomic E-state index is 0.324. The standard InChI is InChI=1S/C26H34N2O4/c1-19(21-3-5-23(25(29)15-21)17-27-7-11-31-12-8-27)20(2)22-4-6-24(26(30)16-22)18-28-9-13-32-14-10-28/h3-6,15-16,29-30H,7-14,17-18H2,1-2H3. The molecule has 2 aliphatic rings. The summed E-state index contributed by atoms with van der Waals surface area (Å²) < 4.78 is 10.8. The zero-order valence-corrected chi connectivity index (χ0v) is 19.1. The molecular weight excluding hydrogens is 404 g/mol. The summed E-state index contributed by atoms with van der Waals surface area (Å²) in [5.41, 5.74) is 6.01. The molecule has 4 rings (SSSR count). The van der Waals surface area contributed by atoms with E-state index >= 15 is 0 Å². The second-order valence-corrected chi connectivity index (χ2v) is 8.71. The third-order valence-corrected chi connectivity index (χ3v) is 6.59. The van der Waals surface area contributed by atoms with Crippen molar-refractivity contribution in [3.8, 4) is 11.5 Å². The molecule has 0 amide bonds. The summed E-state index contributed by atoms with van der Waals surface area (Å²) in [7, 11) is 0. The molecule has 2 aromatic rings. The number of nitrogens with zero attached hydrogens (tertiary/aromatic N) is 2. The van der Waals surface area contributed by atoms with Gasteiger partial charge in [-0.3, -0.25) is 9.80 Å². The van der Waals surface area contributed by atoms with Gasteiger partial charge < -0.3 is 19.7 Å². The summed E-state index contributed by atoms with van der Waals surface area (Å²) in [5.74, 6) is 0.648. The van der Waals surface area contributed by atoms with E-state index in [4.69, 9.17) is 9.47 Å². The topological polar surface area (TPSA) is 65.4 Å². The molecule has 172 valence electrons. The summed E-state index contributed by atoms with van der Waals surface area (Å²) in [5, 5.41) is 21.3. The number of ether oxygens (including phenoxy) is 2. The van der Waals surface area contributed by atoms with Crippen molar-refractivity contribution in [1.82, 2.24) is 9.80 Å². The lowest BCUT2D eigenvalue weighted by Crippen LogP contribution is -2.35. The van der Waals surface area contributed by atoms with Gasteiger partial charge in [-0.05, 0) is 48.3 Å². The van der Waals surface area contributed by atoms with Gasteiger partial charge in [0.15, 0.2) is 0 Å². The van der Waals surface area contributed by atoms with E-state index in [2.05, 4.69) is 35.8 Å². The smallest absolute Gasteiger partial charge is 0.120 e. The fourth-order valence-electron chi connectivity index (χ4n) is 4.29. The fourth-order valence-corrected chi connectivity index (χ4v) is 4.29. The molecule has 2 heterocycles. The van der Waals surface area contributed by atoms with Crippen molar-refractivity contribution in [2.24, 2.45) is 0 Å². The molecule has 6 nitrogen and oxygen atoms in total. The molecule has 0 bridgehead atoms. The van der Waals surface area contributed by atoms with Crippen LogP contribution < -0.4 is 0 Å². The van der Waals surface area contributed by atoms with Crippen LogP contribution in [0.4, 0.5) is 0 Å². The van der Waals surface area contributed by atoms with Crippen LogP contribution in [0.15, 0.2) is 36.4 Å². The fraction of sp³-hybridized carbons (Fsp3) is 0.462. The van der Waals surface area contributed by atoms with Crippen LogP contribution in [0.5, 0.6) is 11.5 Å². The number of rotatable bonds is 6. The van der Waals surface area contributed by atoms with E-state index in [9.17, 15) is 10.2 Å². The minimum Gasteiger partial charge on any atom is -0.508 e. The second kappa shape index (κ2) is 10.5. The number of hydrogen-bond donors (Lipinski definition) is 2. The first-order valence-electron chi connectivity index (χ1n) is 11.4. The third-order valence-electron chi connectivity index (χ3n) is 6.59. The van der Waals surface area contributed by atoms with Crippen LogP contribution in [0.1, 0.15) is 36.1 Å². The Morgan fingerprint density at radius 2 is 1.06 bits per heavy atom. The summed E-state index contributed by atoms with van der Waals surface area (Å²) in [6.07, 6.45) is 0. The maximum Gasteiger partial charge on any atom is 0.120 e. The zero-order chi connectivity index (χ0) is 22.5. The summed E-state index contributed by atoms with van der Waals surface area (Å²) >= 11 is 0. The number of morpholine rings is 2. The molecule has 6 heteroatoms. The Labute approximate surface area is 190 Å². The highest BCUT2D eigenvalue weighted by atomic mass is 16.5. The van der Waals surface area contributed by atoms with Gasteiger partial charge in [0.05, 0.1) is 26.4 Å². The summed E-state index contributed by atoms with van der Waals surface area (Å²) in [4.78, 5) is 4.60. The Morgan fingerprint density at radius 3 is 1.41 bits per heavy atom. The highest BCUT2D eigenvalue weighted by molar-refractivity contribution is 5.89. The van der Waals surface area contributed by atoms with Gasteiger partial charge in [-0.15, -0.1) is 0 Å². The van der Waals surface area contributed by atoms with Crippen LogP contribution in [0.3, 0.4) is 0 Å². The molecule has 0 aliphatic carbocycles. The van der Waals surface area contributed by atoms with Crippen molar-refractivity contribution < 1.29 is 19.7 Å². The van der Waals surface area contributed by atoms with E-state index in [1.807, 2.05) is 24.3 Å². The Hall–Kier alpha value is -2.38. The lowest BCUT2D eigenvalue weighted by molar-refractivity contribution is 0.0338. The van der Waals surface area contributed by atoms with Gasteiger partial charge in [-0.2, -0.15) is 0 Å².